The first-order valence-corrected chi connectivity index (χ1v) is 4.66. The quantitative estimate of drug-likeness (QED) is 0.744. The van der Waals surface area contributed by atoms with Crippen LogP contribution in [0, 0.1) is 5.92 Å². The zero-order valence-corrected chi connectivity index (χ0v) is 7.45. The SMILES string of the molecule is O=C1NCCC[C@@H]1Cc1ccco1. The van der Waals surface area contributed by atoms with Crippen LogP contribution in [0.2, 0.25) is 0 Å². The van der Waals surface area contributed by atoms with Crippen molar-refractivity contribution in [2.45, 2.75) is 19.3 Å². The van der Waals surface area contributed by atoms with Gasteiger partial charge in [0, 0.05) is 18.9 Å². The highest BCUT2D eigenvalue weighted by Gasteiger charge is 2.22. The summed E-state index contributed by atoms with van der Waals surface area (Å²) in [5, 5.41) is 2.86. The predicted molar refractivity (Wildman–Crippen MR) is 48.1 cm³/mol. The lowest BCUT2D eigenvalue weighted by molar-refractivity contribution is -0.126. The van der Waals surface area contributed by atoms with Gasteiger partial charge in [-0.15, -0.1) is 0 Å². The van der Waals surface area contributed by atoms with E-state index in [-0.39, 0.29) is 11.8 Å². The molecular weight excluding hydrogens is 166 g/mol. The molecule has 1 atom stereocenters. The Hall–Kier alpha value is -1.25. The molecule has 1 fully saturated rings. The van der Waals surface area contributed by atoms with Crippen molar-refractivity contribution in [2.75, 3.05) is 6.54 Å². The van der Waals surface area contributed by atoms with Crippen molar-refractivity contribution >= 4 is 5.91 Å². The average Bonchev–Trinajstić information content (AvgIpc) is 2.61. The summed E-state index contributed by atoms with van der Waals surface area (Å²) in [6, 6.07) is 3.78. The number of piperidine rings is 1. The zero-order valence-electron chi connectivity index (χ0n) is 7.45. The Morgan fingerprint density at radius 3 is 3.23 bits per heavy atom. The number of hydrogen-bond acceptors (Lipinski definition) is 2. The van der Waals surface area contributed by atoms with E-state index in [9.17, 15) is 4.79 Å². The fourth-order valence-corrected chi connectivity index (χ4v) is 1.70. The number of carbonyl (C=O) groups excluding carboxylic acids is 1. The number of carbonyl (C=O) groups is 1. The second kappa shape index (κ2) is 3.64. The summed E-state index contributed by atoms with van der Waals surface area (Å²) in [5.74, 6) is 1.18. The molecule has 2 rings (SSSR count). The zero-order chi connectivity index (χ0) is 9.10. The van der Waals surface area contributed by atoms with Crippen molar-refractivity contribution < 1.29 is 9.21 Å². The second-order valence-electron chi connectivity index (χ2n) is 3.41. The summed E-state index contributed by atoms with van der Waals surface area (Å²) in [5.41, 5.74) is 0. The molecule has 1 amide bonds. The van der Waals surface area contributed by atoms with Gasteiger partial charge in [0.15, 0.2) is 0 Å². The fourth-order valence-electron chi connectivity index (χ4n) is 1.70. The van der Waals surface area contributed by atoms with Crippen molar-refractivity contribution in [3.8, 4) is 0 Å². The van der Waals surface area contributed by atoms with Gasteiger partial charge in [0.1, 0.15) is 5.76 Å². The van der Waals surface area contributed by atoms with E-state index in [1.807, 2.05) is 12.1 Å². The molecule has 13 heavy (non-hydrogen) atoms. The molecule has 0 radical (unpaired) electrons. The lowest BCUT2D eigenvalue weighted by Gasteiger charge is -2.20. The fraction of sp³-hybridized carbons (Fsp3) is 0.500. The number of rotatable bonds is 2. The Labute approximate surface area is 77.1 Å². The molecule has 3 heteroatoms. The molecule has 2 heterocycles. The number of amides is 1. The van der Waals surface area contributed by atoms with Gasteiger partial charge in [-0.05, 0) is 25.0 Å². The van der Waals surface area contributed by atoms with E-state index < -0.39 is 0 Å². The van der Waals surface area contributed by atoms with Crippen LogP contribution in [0.5, 0.6) is 0 Å². The molecule has 70 valence electrons. The lowest BCUT2D eigenvalue weighted by atomic mass is 9.94. The van der Waals surface area contributed by atoms with Crippen molar-refractivity contribution in [3.63, 3.8) is 0 Å². The minimum absolute atomic E-state index is 0.111. The summed E-state index contributed by atoms with van der Waals surface area (Å²) < 4.78 is 5.20. The van der Waals surface area contributed by atoms with Crippen molar-refractivity contribution in [2.24, 2.45) is 5.92 Å². The molecule has 1 saturated heterocycles. The number of furan rings is 1. The van der Waals surface area contributed by atoms with Gasteiger partial charge in [-0.3, -0.25) is 4.79 Å². The third-order valence-corrected chi connectivity index (χ3v) is 2.43. The van der Waals surface area contributed by atoms with Gasteiger partial charge in [0.2, 0.25) is 5.91 Å². The third kappa shape index (κ3) is 1.91. The molecule has 0 aliphatic carbocycles. The summed E-state index contributed by atoms with van der Waals surface area (Å²) in [4.78, 5) is 11.4. The molecule has 0 saturated carbocycles. The number of nitrogens with one attached hydrogen (secondary N) is 1. The molecule has 0 aromatic carbocycles. The second-order valence-corrected chi connectivity index (χ2v) is 3.41. The van der Waals surface area contributed by atoms with E-state index in [2.05, 4.69) is 5.32 Å². The summed E-state index contributed by atoms with van der Waals surface area (Å²) in [6.07, 6.45) is 4.44. The highest BCUT2D eigenvalue weighted by molar-refractivity contribution is 5.79. The van der Waals surface area contributed by atoms with E-state index in [1.165, 1.54) is 0 Å². The minimum atomic E-state index is 0.111. The number of hydrogen-bond donors (Lipinski definition) is 1. The van der Waals surface area contributed by atoms with Gasteiger partial charge in [-0.2, -0.15) is 0 Å². The van der Waals surface area contributed by atoms with E-state index in [1.54, 1.807) is 6.26 Å². The topological polar surface area (TPSA) is 42.2 Å². The monoisotopic (exact) mass is 179 g/mol. The van der Waals surface area contributed by atoms with E-state index >= 15 is 0 Å². The Bertz CT molecular complexity index is 279. The minimum Gasteiger partial charge on any atom is -0.469 e. The van der Waals surface area contributed by atoms with Crippen LogP contribution in [0.15, 0.2) is 22.8 Å². The lowest BCUT2D eigenvalue weighted by Crippen LogP contribution is -2.37. The molecule has 1 aliphatic heterocycles. The molecule has 0 spiro atoms. The molecule has 0 bridgehead atoms. The molecule has 3 nitrogen and oxygen atoms in total. The maximum absolute atomic E-state index is 11.4. The van der Waals surface area contributed by atoms with Crippen molar-refractivity contribution in [1.82, 2.24) is 5.32 Å². The van der Waals surface area contributed by atoms with Crippen LogP contribution < -0.4 is 5.32 Å². The smallest absolute Gasteiger partial charge is 0.223 e. The maximum atomic E-state index is 11.4. The van der Waals surface area contributed by atoms with Crippen LogP contribution in [0.3, 0.4) is 0 Å². The van der Waals surface area contributed by atoms with Crippen LogP contribution in [0.1, 0.15) is 18.6 Å². The van der Waals surface area contributed by atoms with Crippen molar-refractivity contribution in [3.05, 3.63) is 24.2 Å². The van der Waals surface area contributed by atoms with Crippen LogP contribution in [0.4, 0.5) is 0 Å². The van der Waals surface area contributed by atoms with Gasteiger partial charge in [0.25, 0.3) is 0 Å². The van der Waals surface area contributed by atoms with Gasteiger partial charge in [0.05, 0.1) is 6.26 Å². The van der Waals surface area contributed by atoms with Gasteiger partial charge in [-0.25, -0.2) is 0 Å². The van der Waals surface area contributed by atoms with E-state index in [0.29, 0.717) is 0 Å². The van der Waals surface area contributed by atoms with Crippen LogP contribution >= 0.6 is 0 Å². The van der Waals surface area contributed by atoms with Crippen LogP contribution in [0.25, 0.3) is 0 Å². The normalized spacial score (nSPS) is 22.8. The summed E-state index contributed by atoms with van der Waals surface area (Å²) >= 11 is 0. The van der Waals surface area contributed by atoms with Crippen LogP contribution in [-0.4, -0.2) is 12.5 Å². The first-order chi connectivity index (χ1) is 6.36. The molecule has 1 aliphatic rings. The van der Waals surface area contributed by atoms with Crippen LogP contribution in [-0.2, 0) is 11.2 Å². The average molecular weight is 179 g/mol. The molecule has 0 unspecified atom stereocenters. The predicted octanol–water partition coefficient (Wildman–Crippen LogP) is 1.35. The third-order valence-electron chi connectivity index (χ3n) is 2.43. The van der Waals surface area contributed by atoms with Gasteiger partial charge >= 0.3 is 0 Å². The summed E-state index contributed by atoms with van der Waals surface area (Å²) in [6.45, 7) is 0.827. The summed E-state index contributed by atoms with van der Waals surface area (Å²) in [7, 11) is 0. The van der Waals surface area contributed by atoms with E-state index in [0.717, 1.165) is 31.6 Å². The standard InChI is InChI=1S/C10H13NO2/c12-10-8(3-1-5-11-10)7-9-4-2-6-13-9/h2,4,6,8H,1,3,5,7H2,(H,11,12)/t8-/m1/s1. The molecule has 1 aromatic heterocycles. The first-order valence-electron chi connectivity index (χ1n) is 4.66. The highest BCUT2D eigenvalue weighted by atomic mass is 16.3. The van der Waals surface area contributed by atoms with Gasteiger partial charge in [-0.1, -0.05) is 0 Å². The maximum Gasteiger partial charge on any atom is 0.223 e. The van der Waals surface area contributed by atoms with Gasteiger partial charge < -0.3 is 9.73 Å². The van der Waals surface area contributed by atoms with E-state index in [4.69, 9.17) is 4.42 Å². The molecular formula is C10H13NO2. The van der Waals surface area contributed by atoms with Crippen molar-refractivity contribution in [1.29, 1.82) is 0 Å². The molecule has 1 N–H and O–H groups in total. The first kappa shape index (κ1) is 8.35. The molecule has 1 aromatic rings. The highest BCUT2D eigenvalue weighted by Crippen LogP contribution is 2.17. The largest absolute Gasteiger partial charge is 0.469 e. The Balaban J connectivity index is 1.97. The Morgan fingerprint density at radius 2 is 2.54 bits per heavy atom. The Morgan fingerprint density at radius 1 is 1.62 bits per heavy atom. The Kier molecular flexibility index (Phi) is 2.34.